The van der Waals surface area contributed by atoms with Crippen LogP contribution in [-0.2, 0) is 20.7 Å². The minimum Gasteiger partial charge on any atom is -0.469 e. The molecule has 130 valence electrons. The molecule has 8 heteroatoms. The fourth-order valence-electron chi connectivity index (χ4n) is 1.97. The summed E-state index contributed by atoms with van der Waals surface area (Å²) in [6.45, 7) is 0.595. The second-order valence-corrected chi connectivity index (χ2v) is 5.90. The summed E-state index contributed by atoms with van der Waals surface area (Å²) in [5.41, 5.74) is 1.60. The molecule has 0 fully saturated rings. The van der Waals surface area contributed by atoms with E-state index in [-0.39, 0.29) is 30.7 Å². The Balaban J connectivity index is 0.00000288. The number of hydrogen-bond acceptors (Lipinski definition) is 6. The van der Waals surface area contributed by atoms with E-state index >= 15 is 0 Å². The smallest absolute Gasteiger partial charge is 0.310 e. The van der Waals surface area contributed by atoms with Gasteiger partial charge >= 0.3 is 5.97 Å². The second-order valence-electron chi connectivity index (χ2n) is 4.81. The summed E-state index contributed by atoms with van der Waals surface area (Å²) in [5.74, 6) is -0.448. The molecule has 1 aromatic carbocycles. The summed E-state index contributed by atoms with van der Waals surface area (Å²) in [6, 6.07) is 9.56. The maximum atomic E-state index is 11.8. The van der Waals surface area contributed by atoms with Gasteiger partial charge in [-0.3, -0.25) is 9.59 Å². The zero-order valence-corrected chi connectivity index (χ0v) is 15.1. The Morgan fingerprint density at radius 1 is 1.25 bits per heavy atom. The highest BCUT2D eigenvalue weighted by atomic mass is 35.5. The van der Waals surface area contributed by atoms with Gasteiger partial charge in [0.1, 0.15) is 0 Å². The maximum absolute atomic E-state index is 11.8. The van der Waals surface area contributed by atoms with Crippen molar-refractivity contribution in [3.05, 3.63) is 35.2 Å². The van der Waals surface area contributed by atoms with Gasteiger partial charge in [0.15, 0.2) is 5.13 Å². The number of nitrogens with zero attached hydrogens (tertiary/aromatic N) is 1. The summed E-state index contributed by atoms with van der Waals surface area (Å²) in [4.78, 5) is 28.7. The number of hydrogen-bond donors (Lipinski definition) is 2. The molecule has 0 saturated carbocycles. The van der Waals surface area contributed by atoms with Gasteiger partial charge in [0.05, 0.1) is 19.2 Å². The Labute approximate surface area is 151 Å². The van der Waals surface area contributed by atoms with Gasteiger partial charge in [-0.2, -0.15) is 0 Å². The van der Waals surface area contributed by atoms with Gasteiger partial charge in [0.2, 0.25) is 5.91 Å². The molecule has 0 unspecified atom stereocenters. The zero-order valence-electron chi connectivity index (χ0n) is 13.5. The first-order chi connectivity index (χ1) is 11.1. The van der Waals surface area contributed by atoms with Crippen molar-refractivity contribution >= 4 is 40.8 Å². The summed E-state index contributed by atoms with van der Waals surface area (Å²) in [6.07, 6.45) is 0.494. The lowest BCUT2D eigenvalue weighted by atomic mass is 10.1. The summed E-state index contributed by atoms with van der Waals surface area (Å²) >= 11 is 1.30. The molecule has 1 heterocycles. The lowest BCUT2D eigenvalue weighted by molar-refractivity contribution is -0.139. The van der Waals surface area contributed by atoms with Gasteiger partial charge in [-0.05, 0) is 7.05 Å². The number of nitrogens with one attached hydrogen (secondary N) is 2. The van der Waals surface area contributed by atoms with Crippen LogP contribution in [-0.4, -0.2) is 37.6 Å². The number of esters is 1. The number of carbonyl (C=O) groups excluding carboxylic acids is 2. The minimum absolute atomic E-state index is 0. The monoisotopic (exact) mass is 369 g/mol. The molecule has 0 aliphatic carbocycles. The van der Waals surface area contributed by atoms with E-state index in [1.165, 1.54) is 18.4 Å². The molecule has 0 aliphatic rings. The van der Waals surface area contributed by atoms with Crippen molar-refractivity contribution in [2.75, 3.05) is 26.0 Å². The molecule has 0 atom stereocenters. The molecule has 2 rings (SSSR count). The summed E-state index contributed by atoms with van der Waals surface area (Å²) in [7, 11) is 3.14. The highest BCUT2D eigenvalue weighted by Crippen LogP contribution is 2.31. The standard InChI is InChI=1S/C16H19N3O3S.ClH/c1-17-9-8-13(20)18-16-19-15(11-6-4-3-5-7-11)12(23-16)10-14(21)22-2;/h3-7,17H,8-10H2,1-2H3,(H,18,19,20);1H. The molecule has 2 aromatic rings. The van der Waals surface area contributed by atoms with Crippen LogP contribution in [0.15, 0.2) is 30.3 Å². The lowest BCUT2D eigenvalue weighted by Crippen LogP contribution is -2.18. The Morgan fingerprint density at radius 3 is 2.58 bits per heavy atom. The Kier molecular flexibility index (Phi) is 8.39. The van der Waals surface area contributed by atoms with E-state index in [2.05, 4.69) is 15.6 Å². The Hall–Kier alpha value is -1.96. The fourth-order valence-corrected chi connectivity index (χ4v) is 2.96. The van der Waals surface area contributed by atoms with Crippen molar-refractivity contribution < 1.29 is 14.3 Å². The normalized spacial score (nSPS) is 9.92. The number of halogens is 1. The van der Waals surface area contributed by atoms with Crippen LogP contribution >= 0.6 is 23.7 Å². The molecule has 24 heavy (non-hydrogen) atoms. The number of thiazole rings is 1. The zero-order chi connectivity index (χ0) is 16.7. The third kappa shape index (κ3) is 5.59. The molecule has 0 spiro atoms. The molecule has 1 amide bonds. The van der Waals surface area contributed by atoms with Gasteiger partial charge < -0.3 is 15.4 Å². The van der Waals surface area contributed by atoms with E-state index in [1.54, 1.807) is 7.05 Å². The number of carbonyl (C=O) groups is 2. The molecule has 0 saturated heterocycles. The molecule has 1 aromatic heterocycles. The number of benzene rings is 1. The molecule has 0 aliphatic heterocycles. The van der Waals surface area contributed by atoms with Gasteiger partial charge in [0, 0.05) is 23.4 Å². The van der Waals surface area contributed by atoms with E-state index in [9.17, 15) is 9.59 Å². The topological polar surface area (TPSA) is 80.3 Å². The Morgan fingerprint density at radius 2 is 1.96 bits per heavy atom. The fraction of sp³-hybridized carbons (Fsp3) is 0.312. The van der Waals surface area contributed by atoms with Crippen LogP contribution in [0.2, 0.25) is 0 Å². The third-order valence-corrected chi connectivity index (χ3v) is 4.10. The van der Waals surface area contributed by atoms with Crippen molar-refractivity contribution in [3.8, 4) is 11.3 Å². The van der Waals surface area contributed by atoms with E-state index < -0.39 is 0 Å². The summed E-state index contributed by atoms with van der Waals surface area (Å²) in [5, 5.41) is 6.19. The largest absolute Gasteiger partial charge is 0.469 e. The van der Waals surface area contributed by atoms with Crippen LogP contribution in [0.3, 0.4) is 0 Å². The van der Waals surface area contributed by atoms with E-state index in [4.69, 9.17) is 4.74 Å². The van der Waals surface area contributed by atoms with Gasteiger partial charge in [-0.15, -0.1) is 23.7 Å². The first-order valence-corrected chi connectivity index (χ1v) is 8.02. The quantitative estimate of drug-likeness (QED) is 0.733. The minimum atomic E-state index is -0.334. The molecule has 0 bridgehead atoms. The Bertz CT molecular complexity index is 676. The van der Waals surface area contributed by atoms with Crippen LogP contribution in [0, 0.1) is 0 Å². The van der Waals surface area contributed by atoms with Crippen molar-refractivity contribution in [1.82, 2.24) is 10.3 Å². The number of rotatable bonds is 7. The summed E-state index contributed by atoms with van der Waals surface area (Å²) < 4.78 is 4.73. The van der Waals surface area contributed by atoms with Crippen LogP contribution in [0.25, 0.3) is 11.3 Å². The van der Waals surface area contributed by atoms with Crippen molar-refractivity contribution in [1.29, 1.82) is 0 Å². The SMILES string of the molecule is CNCCC(=O)Nc1nc(-c2ccccc2)c(CC(=O)OC)s1.Cl. The predicted octanol–water partition coefficient (Wildman–Crippen LogP) is 2.50. The highest BCUT2D eigenvalue weighted by Gasteiger charge is 2.17. The lowest BCUT2D eigenvalue weighted by Gasteiger charge is -2.01. The predicted molar refractivity (Wildman–Crippen MR) is 97.7 cm³/mol. The molecule has 2 N–H and O–H groups in total. The molecular formula is C16H20ClN3O3S. The van der Waals surface area contributed by atoms with Crippen LogP contribution < -0.4 is 10.6 Å². The van der Waals surface area contributed by atoms with Gasteiger partial charge in [-0.25, -0.2) is 4.98 Å². The van der Waals surface area contributed by atoms with Crippen LogP contribution in [0.1, 0.15) is 11.3 Å². The van der Waals surface area contributed by atoms with Gasteiger partial charge in [0.25, 0.3) is 0 Å². The number of methoxy groups -OCH3 is 1. The molecule has 6 nitrogen and oxygen atoms in total. The van der Waals surface area contributed by atoms with Crippen molar-refractivity contribution in [3.63, 3.8) is 0 Å². The van der Waals surface area contributed by atoms with E-state index in [1.807, 2.05) is 30.3 Å². The van der Waals surface area contributed by atoms with E-state index in [0.29, 0.717) is 23.8 Å². The number of anilines is 1. The number of aromatic nitrogens is 1. The van der Waals surface area contributed by atoms with Crippen LogP contribution in [0.4, 0.5) is 5.13 Å². The average molecular weight is 370 g/mol. The number of amides is 1. The van der Waals surface area contributed by atoms with Gasteiger partial charge in [-0.1, -0.05) is 30.3 Å². The first-order valence-electron chi connectivity index (χ1n) is 7.20. The highest BCUT2D eigenvalue weighted by molar-refractivity contribution is 7.16. The number of ether oxygens (including phenoxy) is 1. The van der Waals surface area contributed by atoms with Crippen molar-refractivity contribution in [2.24, 2.45) is 0 Å². The average Bonchev–Trinajstić information content (AvgIpc) is 2.95. The van der Waals surface area contributed by atoms with Crippen LogP contribution in [0.5, 0.6) is 0 Å². The second kappa shape index (κ2) is 10.0. The molecular weight excluding hydrogens is 350 g/mol. The van der Waals surface area contributed by atoms with Crippen molar-refractivity contribution in [2.45, 2.75) is 12.8 Å². The third-order valence-electron chi connectivity index (χ3n) is 3.13. The van der Waals surface area contributed by atoms with E-state index in [0.717, 1.165) is 10.4 Å². The first kappa shape index (κ1) is 20.1. The molecule has 0 radical (unpaired) electrons. The maximum Gasteiger partial charge on any atom is 0.310 e.